The number of hydrogen-bond acceptors (Lipinski definition) is 0. The lowest BCUT2D eigenvalue weighted by molar-refractivity contribution is 0.640. The normalized spacial score (nSPS) is 15.7. The Balaban J connectivity index is 2.31. The van der Waals surface area contributed by atoms with Gasteiger partial charge in [0, 0.05) is 0 Å². The van der Waals surface area contributed by atoms with Gasteiger partial charge in [0.2, 0.25) is 0 Å². The molecule has 0 N–H and O–H groups in total. The molecule has 0 nitrogen and oxygen atoms in total. The molecule has 0 aromatic heterocycles. The van der Waals surface area contributed by atoms with Crippen molar-refractivity contribution in [3.05, 3.63) is 52.9 Å². The molecular weight excluding hydrogens is 223 g/mol. The highest BCUT2D eigenvalue weighted by molar-refractivity contribution is 5.76. The van der Waals surface area contributed by atoms with E-state index in [1.54, 1.807) is 0 Å². The predicted molar refractivity (Wildman–Crippen MR) is 75.9 cm³/mol. The van der Waals surface area contributed by atoms with Gasteiger partial charge >= 0.3 is 0 Å². The van der Waals surface area contributed by atoms with Gasteiger partial charge in [-0.05, 0) is 36.0 Å². The highest BCUT2D eigenvalue weighted by Crippen LogP contribution is 2.42. The molecule has 1 aliphatic carbocycles. The van der Waals surface area contributed by atoms with Crippen LogP contribution in [0.15, 0.2) is 47.3 Å². The largest absolute Gasteiger partial charge is 0.206 e. The van der Waals surface area contributed by atoms with Gasteiger partial charge < -0.3 is 0 Å². The first-order chi connectivity index (χ1) is 8.77. The number of hydrogen-bond donors (Lipinski definition) is 0. The standard InChI is InChI=1S/C17H21F/c1-3-8-14-12-16(13-10-6-5-7-11-13)17(18)15(14)9-4-2/h5-7,10-11H,3-4,8-9,12H2,1-2H3. The minimum absolute atomic E-state index is 0.0477. The third-order valence-corrected chi connectivity index (χ3v) is 3.52. The summed E-state index contributed by atoms with van der Waals surface area (Å²) in [7, 11) is 0. The Hall–Kier alpha value is -1.37. The summed E-state index contributed by atoms with van der Waals surface area (Å²) in [5.74, 6) is 0.0477. The zero-order valence-corrected chi connectivity index (χ0v) is 11.3. The molecule has 0 amide bonds. The van der Waals surface area contributed by atoms with E-state index in [-0.39, 0.29) is 5.83 Å². The molecule has 1 aromatic carbocycles. The van der Waals surface area contributed by atoms with E-state index < -0.39 is 0 Å². The van der Waals surface area contributed by atoms with Gasteiger partial charge in [0.25, 0.3) is 0 Å². The zero-order valence-electron chi connectivity index (χ0n) is 11.3. The second-order valence-electron chi connectivity index (χ2n) is 4.92. The van der Waals surface area contributed by atoms with E-state index in [9.17, 15) is 4.39 Å². The van der Waals surface area contributed by atoms with Gasteiger partial charge in [-0.15, -0.1) is 0 Å². The Morgan fingerprint density at radius 2 is 1.67 bits per heavy atom. The molecule has 0 radical (unpaired) electrons. The molecular formula is C17H21F. The zero-order chi connectivity index (χ0) is 13.0. The molecule has 18 heavy (non-hydrogen) atoms. The summed E-state index contributed by atoms with van der Waals surface area (Å²) in [4.78, 5) is 0. The average Bonchev–Trinajstić information content (AvgIpc) is 2.70. The van der Waals surface area contributed by atoms with Gasteiger partial charge in [0.05, 0.1) is 0 Å². The Morgan fingerprint density at radius 1 is 1.00 bits per heavy atom. The molecule has 0 unspecified atom stereocenters. The van der Waals surface area contributed by atoms with Crippen LogP contribution in [0.25, 0.3) is 5.57 Å². The fourth-order valence-electron chi connectivity index (χ4n) is 2.68. The fourth-order valence-corrected chi connectivity index (χ4v) is 2.68. The van der Waals surface area contributed by atoms with E-state index in [1.165, 1.54) is 5.57 Å². The van der Waals surface area contributed by atoms with Crippen LogP contribution >= 0.6 is 0 Å². The topological polar surface area (TPSA) is 0 Å². The first-order valence-electron chi connectivity index (χ1n) is 6.93. The Morgan fingerprint density at radius 3 is 2.28 bits per heavy atom. The molecule has 1 aromatic rings. The molecule has 0 spiro atoms. The maximum Gasteiger partial charge on any atom is 0.130 e. The average molecular weight is 244 g/mol. The van der Waals surface area contributed by atoms with Crippen molar-refractivity contribution in [3.63, 3.8) is 0 Å². The van der Waals surface area contributed by atoms with Gasteiger partial charge in [-0.3, -0.25) is 0 Å². The third kappa shape index (κ3) is 2.55. The van der Waals surface area contributed by atoms with Crippen LogP contribution in [0.3, 0.4) is 0 Å². The third-order valence-electron chi connectivity index (χ3n) is 3.52. The smallest absolute Gasteiger partial charge is 0.130 e. The van der Waals surface area contributed by atoms with Crippen molar-refractivity contribution in [3.8, 4) is 0 Å². The molecule has 0 saturated heterocycles. The van der Waals surface area contributed by atoms with Crippen LogP contribution in [-0.4, -0.2) is 0 Å². The van der Waals surface area contributed by atoms with Crippen LogP contribution in [0.2, 0.25) is 0 Å². The van der Waals surface area contributed by atoms with Crippen molar-refractivity contribution in [1.29, 1.82) is 0 Å². The second kappa shape index (κ2) is 5.99. The minimum Gasteiger partial charge on any atom is -0.206 e. The maximum absolute atomic E-state index is 14.5. The number of rotatable bonds is 5. The predicted octanol–water partition coefficient (Wildman–Crippen LogP) is 5.67. The Kier molecular flexibility index (Phi) is 4.35. The van der Waals surface area contributed by atoms with E-state index in [2.05, 4.69) is 13.8 Å². The van der Waals surface area contributed by atoms with Crippen molar-refractivity contribution >= 4 is 5.57 Å². The lowest BCUT2D eigenvalue weighted by atomic mass is 10.00. The molecule has 2 rings (SSSR count). The van der Waals surface area contributed by atoms with Gasteiger partial charge in [0.15, 0.2) is 0 Å². The quantitative estimate of drug-likeness (QED) is 0.626. The maximum atomic E-state index is 14.5. The molecule has 96 valence electrons. The van der Waals surface area contributed by atoms with Crippen molar-refractivity contribution < 1.29 is 4.39 Å². The Labute approximate surface area is 109 Å². The summed E-state index contributed by atoms with van der Waals surface area (Å²) < 4.78 is 14.5. The number of halogens is 1. The summed E-state index contributed by atoms with van der Waals surface area (Å²) in [6.45, 7) is 4.28. The van der Waals surface area contributed by atoms with E-state index in [0.717, 1.165) is 48.8 Å². The lowest BCUT2D eigenvalue weighted by Gasteiger charge is -2.04. The molecule has 0 bridgehead atoms. The van der Waals surface area contributed by atoms with Crippen LogP contribution in [0.5, 0.6) is 0 Å². The molecule has 0 heterocycles. The van der Waals surface area contributed by atoms with E-state index in [0.29, 0.717) is 0 Å². The van der Waals surface area contributed by atoms with Gasteiger partial charge in [-0.1, -0.05) is 62.6 Å². The van der Waals surface area contributed by atoms with Crippen LogP contribution in [0.4, 0.5) is 4.39 Å². The molecule has 1 heteroatoms. The summed E-state index contributed by atoms with van der Waals surface area (Å²) in [5, 5.41) is 0. The SMILES string of the molecule is CCCC1=C(CCC)C(F)=C(c2ccccc2)C1. The van der Waals surface area contributed by atoms with Gasteiger partial charge in [0.1, 0.15) is 5.83 Å². The van der Waals surface area contributed by atoms with Crippen molar-refractivity contribution in [1.82, 2.24) is 0 Å². The van der Waals surface area contributed by atoms with E-state index >= 15 is 0 Å². The van der Waals surface area contributed by atoms with E-state index in [4.69, 9.17) is 0 Å². The first kappa shape index (κ1) is 13.1. The van der Waals surface area contributed by atoms with Crippen LogP contribution in [0, 0.1) is 0 Å². The Bertz CT molecular complexity index is 466. The van der Waals surface area contributed by atoms with Crippen LogP contribution in [0.1, 0.15) is 51.5 Å². The highest BCUT2D eigenvalue weighted by Gasteiger charge is 2.24. The van der Waals surface area contributed by atoms with E-state index in [1.807, 2.05) is 30.3 Å². The molecule has 0 aliphatic heterocycles. The van der Waals surface area contributed by atoms with Crippen molar-refractivity contribution in [2.75, 3.05) is 0 Å². The van der Waals surface area contributed by atoms with Crippen LogP contribution < -0.4 is 0 Å². The van der Waals surface area contributed by atoms with Gasteiger partial charge in [-0.2, -0.15) is 0 Å². The monoisotopic (exact) mass is 244 g/mol. The molecule has 0 atom stereocenters. The fraction of sp³-hybridized carbons (Fsp3) is 0.412. The minimum atomic E-state index is 0.0477. The number of benzene rings is 1. The summed E-state index contributed by atoms with van der Waals surface area (Å²) >= 11 is 0. The summed E-state index contributed by atoms with van der Waals surface area (Å²) in [6, 6.07) is 9.95. The molecule has 1 aliphatic rings. The highest BCUT2D eigenvalue weighted by atomic mass is 19.1. The molecule has 0 fully saturated rings. The molecule has 0 saturated carbocycles. The van der Waals surface area contributed by atoms with Crippen molar-refractivity contribution in [2.24, 2.45) is 0 Å². The van der Waals surface area contributed by atoms with Gasteiger partial charge in [-0.25, -0.2) is 4.39 Å². The summed E-state index contributed by atoms with van der Waals surface area (Å²) in [5.41, 5.74) is 4.23. The lowest BCUT2D eigenvalue weighted by Crippen LogP contribution is -1.86. The number of allylic oxidation sites excluding steroid dienone is 4. The van der Waals surface area contributed by atoms with Crippen LogP contribution in [-0.2, 0) is 0 Å². The second-order valence-corrected chi connectivity index (χ2v) is 4.92. The summed E-state index contributed by atoms with van der Waals surface area (Å²) in [6.07, 6.45) is 4.81. The first-order valence-corrected chi connectivity index (χ1v) is 6.93. The van der Waals surface area contributed by atoms with Crippen molar-refractivity contribution in [2.45, 2.75) is 46.0 Å².